The van der Waals surface area contributed by atoms with Crippen LogP contribution in [0.5, 0.6) is 11.5 Å². The largest absolute Gasteiger partial charge is 0.493 e. The molecule has 0 aliphatic heterocycles. The van der Waals surface area contributed by atoms with Gasteiger partial charge in [-0.05, 0) is 29.8 Å². The molecule has 0 heterocycles. The Hall–Kier alpha value is -2.67. The molecule has 0 aliphatic carbocycles. The van der Waals surface area contributed by atoms with Crippen LogP contribution in [-0.2, 0) is 0 Å². The topological polar surface area (TPSA) is 45.5 Å². The van der Waals surface area contributed by atoms with Crippen molar-refractivity contribution < 1.29 is 9.47 Å². The number of nitriles is 1. The quantitative estimate of drug-likeness (QED) is 0.779. The number of rotatable bonds is 7. The Labute approximate surface area is 137 Å². The van der Waals surface area contributed by atoms with Crippen LogP contribution in [0.3, 0.4) is 0 Å². The minimum Gasteiger partial charge on any atom is -0.493 e. The summed E-state index contributed by atoms with van der Waals surface area (Å²) < 4.78 is 11.0. The Balaban J connectivity index is 1.96. The van der Waals surface area contributed by atoms with Crippen LogP contribution < -0.4 is 14.4 Å². The van der Waals surface area contributed by atoms with Gasteiger partial charge in [0.05, 0.1) is 25.7 Å². The number of anilines is 1. The number of hydrogen-bond acceptors (Lipinski definition) is 4. The molecule has 0 fully saturated rings. The summed E-state index contributed by atoms with van der Waals surface area (Å²) >= 11 is 0. The summed E-state index contributed by atoms with van der Waals surface area (Å²) in [4.78, 5) is 2.04. The van der Waals surface area contributed by atoms with E-state index in [-0.39, 0.29) is 5.92 Å². The highest BCUT2D eigenvalue weighted by Crippen LogP contribution is 2.27. The molecule has 0 amide bonds. The summed E-state index contributed by atoms with van der Waals surface area (Å²) in [6.07, 6.45) is 0.635. The molecule has 0 saturated carbocycles. The van der Waals surface area contributed by atoms with Crippen molar-refractivity contribution in [3.63, 3.8) is 0 Å². The average molecular weight is 310 g/mol. The van der Waals surface area contributed by atoms with Crippen molar-refractivity contribution in [2.45, 2.75) is 12.3 Å². The maximum absolute atomic E-state index is 9.42. The third kappa shape index (κ3) is 4.40. The number of hydrogen-bond donors (Lipinski definition) is 0. The lowest BCUT2D eigenvalue weighted by Gasteiger charge is -2.15. The van der Waals surface area contributed by atoms with E-state index in [4.69, 9.17) is 9.47 Å². The van der Waals surface area contributed by atoms with Crippen LogP contribution in [-0.4, -0.2) is 27.8 Å². The van der Waals surface area contributed by atoms with Gasteiger partial charge in [-0.1, -0.05) is 24.3 Å². The van der Waals surface area contributed by atoms with Crippen LogP contribution in [0, 0.1) is 11.3 Å². The minimum atomic E-state index is -0.180. The molecular weight excluding hydrogens is 288 g/mol. The molecule has 0 radical (unpaired) electrons. The highest BCUT2D eigenvalue weighted by atomic mass is 16.5. The first-order valence-electron chi connectivity index (χ1n) is 7.58. The van der Waals surface area contributed by atoms with E-state index in [0.717, 1.165) is 11.3 Å². The minimum absolute atomic E-state index is 0.180. The van der Waals surface area contributed by atoms with Gasteiger partial charge in [0.2, 0.25) is 0 Å². The predicted octanol–water partition coefficient (Wildman–Crippen LogP) is 3.84. The summed E-state index contributed by atoms with van der Waals surface area (Å²) in [7, 11) is 5.61. The highest BCUT2D eigenvalue weighted by Gasteiger charge is 2.12. The monoisotopic (exact) mass is 310 g/mol. The number of para-hydroxylation sites is 2. The molecule has 0 saturated heterocycles. The molecule has 0 N–H and O–H groups in total. The van der Waals surface area contributed by atoms with Gasteiger partial charge in [-0.2, -0.15) is 5.26 Å². The first-order valence-corrected chi connectivity index (χ1v) is 7.58. The second kappa shape index (κ2) is 8.09. The van der Waals surface area contributed by atoms with E-state index in [1.54, 1.807) is 7.11 Å². The van der Waals surface area contributed by atoms with Crippen LogP contribution in [0.15, 0.2) is 48.5 Å². The maximum Gasteiger partial charge on any atom is 0.161 e. The summed E-state index contributed by atoms with van der Waals surface area (Å²) in [6, 6.07) is 18.0. The number of methoxy groups -OCH3 is 1. The molecule has 0 bridgehead atoms. The molecule has 1 atom stereocenters. The number of nitrogens with zero attached hydrogens (tertiary/aromatic N) is 2. The summed E-state index contributed by atoms with van der Waals surface area (Å²) in [6.45, 7) is 0.466. The highest BCUT2D eigenvalue weighted by molar-refractivity contribution is 5.47. The zero-order valence-corrected chi connectivity index (χ0v) is 13.8. The SMILES string of the molecule is COc1ccccc1OCCC(C#N)c1ccc(N(C)C)cc1. The van der Waals surface area contributed by atoms with Crippen LogP contribution in [0.4, 0.5) is 5.69 Å². The molecule has 2 aromatic rings. The van der Waals surface area contributed by atoms with Gasteiger partial charge < -0.3 is 14.4 Å². The first-order chi connectivity index (χ1) is 11.2. The molecule has 120 valence electrons. The zero-order chi connectivity index (χ0) is 16.7. The second-order valence-electron chi connectivity index (χ2n) is 5.46. The van der Waals surface area contributed by atoms with Gasteiger partial charge in [0.1, 0.15) is 0 Å². The van der Waals surface area contributed by atoms with Gasteiger partial charge in [0, 0.05) is 26.2 Å². The van der Waals surface area contributed by atoms with E-state index < -0.39 is 0 Å². The molecule has 2 aromatic carbocycles. The molecule has 4 nitrogen and oxygen atoms in total. The first kappa shape index (κ1) is 16.7. The van der Waals surface area contributed by atoms with Crippen LogP contribution >= 0.6 is 0 Å². The van der Waals surface area contributed by atoms with Gasteiger partial charge >= 0.3 is 0 Å². The Kier molecular flexibility index (Phi) is 5.87. The molecule has 0 aromatic heterocycles. The van der Waals surface area contributed by atoms with E-state index in [2.05, 4.69) is 6.07 Å². The number of ether oxygens (including phenoxy) is 2. The van der Waals surface area contributed by atoms with Crippen molar-refractivity contribution in [1.29, 1.82) is 5.26 Å². The van der Waals surface area contributed by atoms with Crippen LogP contribution in [0.25, 0.3) is 0 Å². The lowest BCUT2D eigenvalue weighted by Crippen LogP contribution is -2.09. The molecule has 2 rings (SSSR count). The van der Waals surface area contributed by atoms with E-state index >= 15 is 0 Å². The maximum atomic E-state index is 9.42. The van der Waals surface area contributed by atoms with E-state index in [0.29, 0.717) is 24.5 Å². The van der Waals surface area contributed by atoms with Crippen LogP contribution in [0.1, 0.15) is 17.9 Å². The van der Waals surface area contributed by atoms with Crippen LogP contribution in [0.2, 0.25) is 0 Å². The average Bonchev–Trinajstić information content (AvgIpc) is 2.59. The van der Waals surface area contributed by atoms with E-state index in [1.165, 1.54) is 0 Å². The second-order valence-corrected chi connectivity index (χ2v) is 5.46. The van der Waals surface area contributed by atoms with Crippen molar-refractivity contribution >= 4 is 5.69 Å². The Bertz CT molecular complexity index is 660. The van der Waals surface area contributed by atoms with E-state index in [1.807, 2.05) is 67.5 Å². The summed E-state index contributed by atoms with van der Waals surface area (Å²) in [5.41, 5.74) is 2.14. The molecule has 0 aliphatic rings. The third-order valence-electron chi connectivity index (χ3n) is 3.70. The Morgan fingerprint density at radius 3 is 2.26 bits per heavy atom. The Morgan fingerprint density at radius 1 is 1.04 bits per heavy atom. The lowest BCUT2D eigenvalue weighted by molar-refractivity contribution is 0.285. The van der Waals surface area contributed by atoms with Gasteiger partial charge in [-0.3, -0.25) is 0 Å². The van der Waals surface area contributed by atoms with Crippen molar-refractivity contribution in [3.05, 3.63) is 54.1 Å². The fourth-order valence-corrected chi connectivity index (χ4v) is 2.34. The normalized spacial score (nSPS) is 11.4. The van der Waals surface area contributed by atoms with Crippen molar-refractivity contribution in [3.8, 4) is 17.6 Å². The summed E-state index contributed by atoms with van der Waals surface area (Å²) in [5, 5.41) is 9.42. The Morgan fingerprint density at radius 2 is 1.70 bits per heavy atom. The van der Waals surface area contributed by atoms with Crippen molar-refractivity contribution in [2.24, 2.45) is 0 Å². The molecule has 1 unspecified atom stereocenters. The predicted molar refractivity (Wildman–Crippen MR) is 92.2 cm³/mol. The van der Waals surface area contributed by atoms with Gasteiger partial charge in [-0.25, -0.2) is 0 Å². The molecular formula is C19H22N2O2. The fourth-order valence-electron chi connectivity index (χ4n) is 2.34. The standard InChI is InChI=1S/C19H22N2O2/c1-21(2)17-10-8-15(9-11-17)16(14-20)12-13-23-19-7-5-4-6-18(19)22-3/h4-11,16H,12-13H2,1-3H3. The van der Waals surface area contributed by atoms with Crippen molar-refractivity contribution in [2.75, 3.05) is 32.7 Å². The number of benzene rings is 2. The fraction of sp³-hybridized carbons (Fsp3) is 0.316. The van der Waals surface area contributed by atoms with Crippen molar-refractivity contribution in [1.82, 2.24) is 0 Å². The smallest absolute Gasteiger partial charge is 0.161 e. The lowest BCUT2D eigenvalue weighted by atomic mass is 9.97. The molecule has 23 heavy (non-hydrogen) atoms. The van der Waals surface area contributed by atoms with Gasteiger partial charge in [0.25, 0.3) is 0 Å². The van der Waals surface area contributed by atoms with Gasteiger partial charge in [0.15, 0.2) is 11.5 Å². The molecule has 0 spiro atoms. The molecule has 4 heteroatoms. The van der Waals surface area contributed by atoms with Gasteiger partial charge in [-0.15, -0.1) is 0 Å². The zero-order valence-electron chi connectivity index (χ0n) is 13.8. The summed E-state index contributed by atoms with van der Waals surface area (Å²) in [5.74, 6) is 1.23. The third-order valence-corrected chi connectivity index (χ3v) is 3.70. The van der Waals surface area contributed by atoms with E-state index in [9.17, 15) is 5.26 Å².